The molecule has 2 unspecified atom stereocenters. The van der Waals surface area contributed by atoms with E-state index in [2.05, 4.69) is 56.4 Å². The number of likely N-dealkylation sites (N-methyl/N-ethyl adjacent to an activating group) is 2. The molecule has 19 heavy (non-hydrogen) atoms. The number of ether oxygens (including phenoxy) is 1. The molecule has 0 saturated carbocycles. The topological polar surface area (TPSA) is 24.5 Å². The summed E-state index contributed by atoms with van der Waals surface area (Å²) >= 11 is 0. The summed E-state index contributed by atoms with van der Waals surface area (Å²) in [5.41, 5.74) is 2.85. The molecule has 1 aliphatic rings. The maximum absolute atomic E-state index is 5.37. The number of methoxy groups -OCH3 is 1. The van der Waals surface area contributed by atoms with Crippen LogP contribution in [0.1, 0.15) is 37.4 Å². The highest BCUT2D eigenvalue weighted by Gasteiger charge is 2.32. The van der Waals surface area contributed by atoms with Crippen molar-refractivity contribution in [1.82, 2.24) is 10.2 Å². The van der Waals surface area contributed by atoms with Crippen molar-refractivity contribution in [3.63, 3.8) is 0 Å². The molecule has 2 rings (SSSR count). The predicted octanol–water partition coefficient (Wildman–Crippen LogP) is 2.61. The van der Waals surface area contributed by atoms with Crippen LogP contribution in [0, 0.1) is 0 Å². The zero-order valence-electron chi connectivity index (χ0n) is 12.7. The van der Waals surface area contributed by atoms with Crippen LogP contribution in [-0.4, -0.2) is 38.2 Å². The second kappa shape index (κ2) is 5.93. The van der Waals surface area contributed by atoms with Crippen LogP contribution in [0.2, 0.25) is 0 Å². The number of rotatable bonds is 4. The van der Waals surface area contributed by atoms with Crippen LogP contribution in [-0.2, 0) is 6.42 Å². The van der Waals surface area contributed by atoms with Crippen molar-refractivity contribution in [2.24, 2.45) is 0 Å². The number of hydrogen-bond donors (Lipinski definition) is 1. The molecule has 0 aliphatic heterocycles. The Bertz CT molecular complexity index is 431. The van der Waals surface area contributed by atoms with Gasteiger partial charge in [0.05, 0.1) is 7.11 Å². The third-order valence-electron chi connectivity index (χ3n) is 4.43. The maximum atomic E-state index is 5.37. The van der Waals surface area contributed by atoms with E-state index >= 15 is 0 Å². The first-order chi connectivity index (χ1) is 9.08. The van der Waals surface area contributed by atoms with Crippen molar-refractivity contribution < 1.29 is 4.74 Å². The zero-order chi connectivity index (χ0) is 14.0. The molecular weight excluding hydrogens is 236 g/mol. The van der Waals surface area contributed by atoms with E-state index in [0.29, 0.717) is 18.1 Å². The average molecular weight is 262 g/mol. The molecule has 0 radical (unpaired) electrons. The summed E-state index contributed by atoms with van der Waals surface area (Å²) in [6.07, 6.45) is 2.36. The Kier molecular flexibility index (Phi) is 4.48. The highest BCUT2D eigenvalue weighted by molar-refractivity contribution is 5.40. The van der Waals surface area contributed by atoms with Gasteiger partial charge in [0.25, 0.3) is 0 Å². The second-order valence-corrected chi connectivity index (χ2v) is 5.70. The number of benzene rings is 1. The summed E-state index contributed by atoms with van der Waals surface area (Å²) in [6.45, 7) is 4.52. The number of nitrogens with one attached hydrogen (secondary N) is 1. The third-order valence-corrected chi connectivity index (χ3v) is 4.43. The first-order valence-corrected chi connectivity index (χ1v) is 7.14. The molecule has 1 aromatic rings. The molecule has 3 nitrogen and oxygen atoms in total. The van der Waals surface area contributed by atoms with Gasteiger partial charge in [0.1, 0.15) is 5.75 Å². The summed E-state index contributed by atoms with van der Waals surface area (Å²) in [5.74, 6) is 0.951. The van der Waals surface area contributed by atoms with Crippen LogP contribution in [0.15, 0.2) is 18.2 Å². The second-order valence-electron chi connectivity index (χ2n) is 5.70. The van der Waals surface area contributed by atoms with Crippen LogP contribution in [0.25, 0.3) is 0 Å². The lowest BCUT2D eigenvalue weighted by molar-refractivity contribution is 0.142. The van der Waals surface area contributed by atoms with E-state index in [0.717, 1.165) is 12.2 Å². The molecule has 0 heterocycles. The Morgan fingerprint density at radius 1 is 1.37 bits per heavy atom. The molecule has 1 N–H and O–H groups in total. The van der Waals surface area contributed by atoms with E-state index in [4.69, 9.17) is 4.74 Å². The van der Waals surface area contributed by atoms with Crippen molar-refractivity contribution >= 4 is 0 Å². The first kappa shape index (κ1) is 14.4. The van der Waals surface area contributed by atoms with Crippen LogP contribution in [0.3, 0.4) is 0 Å². The minimum Gasteiger partial charge on any atom is -0.497 e. The maximum Gasteiger partial charge on any atom is 0.119 e. The quantitative estimate of drug-likeness (QED) is 0.902. The largest absolute Gasteiger partial charge is 0.497 e. The standard InChI is InChI=1S/C16H26N2O/c1-11(2)18(4)15-9-7-12-6-8-13(19-5)10-14(12)16(15)17-3/h6,8,10-11,15-17H,7,9H2,1-5H3. The molecule has 0 spiro atoms. The zero-order valence-corrected chi connectivity index (χ0v) is 12.7. The van der Waals surface area contributed by atoms with Crippen LogP contribution in [0.4, 0.5) is 0 Å². The predicted molar refractivity (Wildman–Crippen MR) is 79.8 cm³/mol. The van der Waals surface area contributed by atoms with Crippen LogP contribution in [0.5, 0.6) is 5.75 Å². The fourth-order valence-electron chi connectivity index (χ4n) is 3.06. The van der Waals surface area contributed by atoms with Gasteiger partial charge >= 0.3 is 0 Å². The molecule has 0 aromatic heterocycles. The highest BCUT2D eigenvalue weighted by Crippen LogP contribution is 2.35. The lowest BCUT2D eigenvalue weighted by Crippen LogP contribution is -2.47. The van der Waals surface area contributed by atoms with Gasteiger partial charge in [0.2, 0.25) is 0 Å². The summed E-state index contributed by atoms with van der Waals surface area (Å²) in [6, 6.07) is 7.96. The molecule has 0 fully saturated rings. The van der Waals surface area contributed by atoms with E-state index in [1.165, 1.54) is 17.5 Å². The monoisotopic (exact) mass is 262 g/mol. The summed E-state index contributed by atoms with van der Waals surface area (Å²) < 4.78 is 5.37. The van der Waals surface area contributed by atoms with Gasteiger partial charge in [0, 0.05) is 18.1 Å². The molecule has 3 heteroatoms. The summed E-state index contributed by atoms with van der Waals surface area (Å²) in [7, 11) is 6.02. The SMILES string of the molecule is CNC1c2cc(OC)ccc2CCC1N(C)C(C)C. The molecule has 2 atom stereocenters. The normalized spacial score (nSPS) is 22.7. The first-order valence-electron chi connectivity index (χ1n) is 7.14. The van der Waals surface area contributed by atoms with Crippen molar-refractivity contribution in [2.75, 3.05) is 21.2 Å². The van der Waals surface area contributed by atoms with Gasteiger partial charge in [-0.15, -0.1) is 0 Å². The molecule has 1 aliphatic carbocycles. The van der Waals surface area contributed by atoms with Gasteiger partial charge < -0.3 is 10.1 Å². The molecule has 106 valence electrons. The van der Waals surface area contributed by atoms with E-state index in [1.807, 2.05) is 0 Å². The van der Waals surface area contributed by atoms with Gasteiger partial charge in [-0.05, 0) is 64.0 Å². The Morgan fingerprint density at radius 2 is 2.11 bits per heavy atom. The molecule has 1 aromatic carbocycles. The summed E-state index contributed by atoms with van der Waals surface area (Å²) in [5, 5.41) is 3.50. The lowest BCUT2D eigenvalue weighted by atomic mass is 9.83. The van der Waals surface area contributed by atoms with Crippen molar-refractivity contribution in [3.05, 3.63) is 29.3 Å². The highest BCUT2D eigenvalue weighted by atomic mass is 16.5. The minimum atomic E-state index is 0.381. The van der Waals surface area contributed by atoms with Crippen molar-refractivity contribution in [3.8, 4) is 5.75 Å². The van der Waals surface area contributed by atoms with Gasteiger partial charge in [-0.25, -0.2) is 0 Å². The molecular formula is C16H26N2O. The molecule has 0 bridgehead atoms. The minimum absolute atomic E-state index is 0.381. The van der Waals surface area contributed by atoms with E-state index in [9.17, 15) is 0 Å². The van der Waals surface area contributed by atoms with Gasteiger partial charge in [-0.1, -0.05) is 6.07 Å². The number of aryl methyl sites for hydroxylation is 1. The molecule has 0 amide bonds. The van der Waals surface area contributed by atoms with E-state index in [-0.39, 0.29) is 0 Å². The van der Waals surface area contributed by atoms with E-state index < -0.39 is 0 Å². The van der Waals surface area contributed by atoms with E-state index in [1.54, 1.807) is 7.11 Å². The van der Waals surface area contributed by atoms with Crippen molar-refractivity contribution in [2.45, 2.75) is 44.8 Å². The Morgan fingerprint density at radius 3 is 2.68 bits per heavy atom. The lowest BCUT2D eigenvalue weighted by Gasteiger charge is -2.41. The van der Waals surface area contributed by atoms with Gasteiger partial charge in [0.15, 0.2) is 0 Å². The molecule has 0 saturated heterocycles. The Balaban J connectivity index is 2.34. The average Bonchev–Trinajstić information content (AvgIpc) is 2.44. The van der Waals surface area contributed by atoms with Gasteiger partial charge in [-0.3, -0.25) is 4.90 Å². The third kappa shape index (κ3) is 2.77. The van der Waals surface area contributed by atoms with Crippen LogP contribution < -0.4 is 10.1 Å². The number of hydrogen-bond acceptors (Lipinski definition) is 3. The van der Waals surface area contributed by atoms with Crippen molar-refractivity contribution in [1.29, 1.82) is 0 Å². The smallest absolute Gasteiger partial charge is 0.119 e. The summed E-state index contributed by atoms with van der Waals surface area (Å²) in [4.78, 5) is 2.48. The van der Waals surface area contributed by atoms with Gasteiger partial charge in [-0.2, -0.15) is 0 Å². The fourth-order valence-corrected chi connectivity index (χ4v) is 3.06. The van der Waals surface area contributed by atoms with Crippen LogP contribution >= 0.6 is 0 Å². The number of nitrogens with zero attached hydrogens (tertiary/aromatic N) is 1. The Labute approximate surface area is 116 Å². The number of fused-ring (bicyclic) bond motifs is 1. The Hall–Kier alpha value is -1.06. The fraction of sp³-hybridized carbons (Fsp3) is 0.625.